The number of rotatable bonds is 0. The highest BCUT2D eigenvalue weighted by Crippen LogP contribution is 2.39. The lowest BCUT2D eigenvalue weighted by Crippen LogP contribution is -2.16. The van der Waals surface area contributed by atoms with Crippen LogP contribution < -0.4 is 9.47 Å². The van der Waals surface area contributed by atoms with Crippen molar-refractivity contribution in [3.8, 4) is 11.5 Å². The number of ether oxygens (including phenoxy) is 3. The minimum atomic E-state index is 0.251. The molecule has 0 radical (unpaired) electrons. The van der Waals surface area contributed by atoms with Crippen molar-refractivity contribution in [1.82, 2.24) is 0 Å². The van der Waals surface area contributed by atoms with Crippen molar-refractivity contribution >= 4 is 15.9 Å². The molecule has 0 N–H and O–H groups in total. The van der Waals surface area contributed by atoms with Gasteiger partial charge in [0.2, 0.25) is 0 Å². The van der Waals surface area contributed by atoms with Crippen LogP contribution in [0.15, 0.2) is 12.1 Å². The Morgan fingerprint density at radius 2 is 1.81 bits per heavy atom. The van der Waals surface area contributed by atoms with Crippen molar-refractivity contribution in [2.45, 2.75) is 11.2 Å². The van der Waals surface area contributed by atoms with Crippen LogP contribution in [0.5, 0.6) is 11.5 Å². The van der Waals surface area contributed by atoms with Gasteiger partial charge in [0, 0.05) is 0 Å². The van der Waals surface area contributed by atoms with E-state index in [1.54, 1.807) is 0 Å². The van der Waals surface area contributed by atoms with Gasteiger partial charge in [0.1, 0.15) is 13.2 Å². The Labute approximate surface area is 103 Å². The van der Waals surface area contributed by atoms with Gasteiger partial charge in [0.25, 0.3) is 0 Å². The van der Waals surface area contributed by atoms with Crippen LogP contribution in [-0.4, -0.2) is 26.4 Å². The Hall–Kier alpha value is -0.740. The predicted molar refractivity (Wildman–Crippen MR) is 63.6 cm³/mol. The molecule has 3 rings (SSSR count). The van der Waals surface area contributed by atoms with Gasteiger partial charge in [-0.1, -0.05) is 15.9 Å². The van der Waals surface area contributed by atoms with E-state index in [4.69, 9.17) is 14.2 Å². The van der Waals surface area contributed by atoms with Crippen molar-refractivity contribution < 1.29 is 14.2 Å². The number of halogens is 1. The molecule has 1 atom stereocenters. The Kier molecular flexibility index (Phi) is 2.77. The van der Waals surface area contributed by atoms with Gasteiger partial charge in [0.05, 0.1) is 18.0 Å². The summed E-state index contributed by atoms with van der Waals surface area (Å²) in [5, 5.41) is 0. The number of alkyl halides is 1. The average molecular weight is 285 g/mol. The second-order valence-corrected chi connectivity index (χ2v) is 5.09. The summed E-state index contributed by atoms with van der Waals surface area (Å²) in [4.78, 5) is 0.251. The Morgan fingerprint density at radius 1 is 1.06 bits per heavy atom. The molecule has 1 aromatic carbocycles. The molecule has 16 heavy (non-hydrogen) atoms. The highest BCUT2D eigenvalue weighted by atomic mass is 79.9. The summed E-state index contributed by atoms with van der Waals surface area (Å²) in [5.41, 5.74) is 2.56. The van der Waals surface area contributed by atoms with Gasteiger partial charge in [-0.25, -0.2) is 0 Å². The van der Waals surface area contributed by atoms with Gasteiger partial charge in [0.15, 0.2) is 11.5 Å². The molecule has 0 amide bonds. The van der Waals surface area contributed by atoms with Crippen LogP contribution in [0.25, 0.3) is 0 Å². The third-order valence-corrected chi connectivity index (χ3v) is 3.68. The van der Waals surface area contributed by atoms with Crippen molar-refractivity contribution in [3.63, 3.8) is 0 Å². The van der Waals surface area contributed by atoms with Crippen LogP contribution in [0, 0.1) is 0 Å². The minimum Gasteiger partial charge on any atom is -0.486 e. The summed E-state index contributed by atoms with van der Waals surface area (Å²) in [7, 11) is 0. The molecule has 86 valence electrons. The Balaban J connectivity index is 2.06. The maximum Gasteiger partial charge on any atom is 0.161 e. The number of hydrogen-bond acceptors (Lipinski definition) is 3. The van der Waals surface area contributed by atoms with Gasteiger partial charge in [-0.15, -0.1) is 0 Å². The van der Waals surface area contributed by atoms with Crippen LogP contribution in [0.1, 0.15) is 16.0 Å². The van der Waals surface area contributed by atoms with Gasteiger partial charge in [-0.3, -0.25) is 0 Å². The van der Waals surface area contributed by atoms with Crippen molar-refractivity contribution in [1.29, 1.82) is 0 Å². The summed E-state index contributed by atoms with van der Waals surface area (Å²) in [5.74, 6) is 1.72. The van der Waals surface area contributed by atoms with E-state index < -0.39 is 0 Å². The lowest BCUT2D eigenvalue weighted by atomic mass is 10.0. The van der Waals surface area contributed by atoms with Crippen LogP contribution in [0.3, 0.4) is 0 Å². The third-order valence-electron chi connectivity index (χ3n) is 2.92. The highest BCUT2D eigenvalue weighted by Gasteiger charge is 2.21. The van der Waals surface area contributed by atoms with Gasteiger partial charge < -0.3 is 14.2 Å². The SMILES string of the molecule is BrC1COCCc2cc3c(cc21)OCCO3. The first-order chi connectivity index (χ1) is 7.84. The maximum absolute atomic E-state index is 5.59. The molecule has 1 aromatic rings. The molecule has 0 aromatic heterocycles. The van der Waals surface area contributed by atoms with Crippen molar-refractivity contribution in [2.75, 3.05) is 26.4 Å². The molecule has 0 bridgehead atoms. The summed E-state index contributed by atoms with van der Waals surface area (Å²) in [6, 6.07) is 4.17. The molecule has 1 unspecified atom stereocenters. The maximum atomic E-state index is 5.59. The molecule has 4 heteroatoms. The fraction of sp³-hybridized carbons (Fsp3) is 0.500. The van der Waals surface area contributed by atoms with Crippen molar-refractivity contribution in [3.05, 3.63) is 23.3 Å². The lowest BCUT2D eigenvalue weighted by molar-refractivity contribution is 0.146. The number of benzene rings is 1. The first-order valence-electron chi connectivity index (χ1n) is 5.49. The molecular formula is C12H13BrO3. The zero-order valence-electron chi connectivity index (χ0n) is 8.87. The fourth-order valence-electron chi connectivity index (χ4n) is 2.11. The fourth-order valence-corrected chi connectivity index (χ4v) is 2.73. The summed E-state index contributed by atoms with van der Waals surface area (Å²) >= 11 is 3.64. The zero-order chi connectivity index (χ0) is 11.0. The van der Waals surface area contributed by atoms with E-state index in [0.717, 1.165) is 24.5 Å². The van der Waals surface area contributed by atoms with E-state index in [1.807, 2.05) is 0 Å². The van der Waals surface area contributed by atoms with Crippen LogP contribution in [-0.2, 0) is 11.2 Å². The van der Waals surface area contributed by atoms with Crippen LogP contribution in [0.4, 0.5) is 0 Å². The van der Waals surface area contributed by atoms with Gasteiger partial charge >= 0.3 is 0 Å². The molecule has 0 aliphatic carbocycles. The molecule has 2 heterocycles. The van der Waals surface area contributed by atoms with E-state index in [0.29, 0.717) is 19.8 Å². The number of fused-ring (bicyclic) bond motifs is 2. The lowest BCUT2D eigenvalue weighted by Gasteiger charge is -2.21. The highest BCUT2D eigenvalue weighted by molar-refractivity contribution is 9.09. The molecule has 0 saturated carbocycles. The predicted octanol–water partition coefficient (Wildman–Crippen LogP) is 2.47. The molecule has 2 aliphatic heterocycles. The number of hydrogen-bond donors (Lipinski definition) is 0. The Bertz CT molecular complexity index is 405. The molecule has 0 fully saturated rings. The van der Waals surface area contributed by atoms with E-state index >= 15 is 0 Å². The first-order valence-corrected chi connectivity index (χ1v) is 6.40. The standard InChI is InChI=1S/C12H13BrO3/c13-10-7-14-2-1-8-5-11-12(6-9(8)10)16-4-3-15-11/h5-6,10H,1-4,7H2. The van der Waals surface area contributed by atoms with E-state index in [9.17, 15) is 0 Å². The quantitative estimate of drug-likeness (QED) is 0.685. The molecule has 0 saturated heterocycles. The second kappa shape index (κ2) is 4.26. The van der Waals surface area contributed by atoms with Crippen molar-refractivity contribution in [2.24, 2.45) is 0 Å². The molecular weight excluding hydrogens is 272 g/mol. The first kappa shape index (κ1) is 10.4. The largest absolute Gasteiger partial charge is 0.486 e. The molecule has 3 nitrogen and oxygen atoms in total. The monoisotopic (exact) mass is 284 g/mol. The molecule has 2 aliphatic rings. The van der Waals surface area contributed by atoms with Gasteiger partial charge in [-0.2, -0.15) is 0 Å². The summed E-state index contributed by atoms with van der Waals surface area (Å²) in [6.45, 7) is 2.76. The van der Waals surface area contributed by atoms with E-state index in [-0.39, 0.29) is 4.83 Å². The summed E-state index contributed by atoms with van der Waals surface area (Å²) in [6.07, 6.45) is 0.939. The normalized spacial score (nSPS) is 23.4. The Morgan fingerprint density at radius 3 is 2.62 bits per heavy atom. The average Bonchev–Trinajstić information content (AvgIpc) is 2.49. The molecule has 0 spiro atoms. The minimum absolute atomic E-state index is 0.251. The van der Waals surface area contributed by atoms with Crippen LogP contribution >= 0.6 is 15.9 Å². The van der Waals surface area contributed by atoms with E-state index in [2.05, 4.69) is 28.1 Å². The van der Waals surface area contributed by atoms with Crippen LogP contribution in [0.2, 0.25) is 0 Å². The third kappa shape index (κ3) is 1.80. The summed E-state index contributed by atoms with van der Waals surface area (Å²) < 4.78 is 16.7. The topological polar surface area (TPSA) is 27.7 Å². The van der Waals surface area contributed by atoms with E-state index in [1.165, 1.54) is 11.1 Å². The second-order valence-electron chi connectivity index (χ2n) is 3.99. The van der Waals surface area contributed by atoms with Gasteiger partial charge in [-0.05, 0) is 29.7 Å². The zero-order valence-corrected chi connectivity index (χ0v) is 10.5. The smallest absolute Gasteiger partial charge is 0.161 e.